The highest BCUT2D eigenvalue weighted by Gasteiger charge is 2.03. The van der Waals surface area contributed by atoms with Gasteiger partial charge in [0.1, 0.15) is 29.8 Å². The van der Waals surface area contributed by atoms with Gasteiger partial charge in [0.25, 0.3) is 0 Å². The highest BCUT2D eigenvalue weighted by atomic mass is 16.5. The van der Waals surface area contributed by atoms with Gasteiger partial charge in [-0.15, -0.1) is 0 Å². The van der Waals surface area contributed by atoms with Crippen molar-refractivity contribution in [3.05, 3.63) is 53.5 Å². The molecule has 4 heteroatoms. The number of rotatable bonds is 5. The third-order valence-electron chi connectivity index (χ3n) is 2.58. The zero-order valence-electron chi connectivity index (χ0n) is 10.0. The second kappa shape index (κ2) is 5.40. The average molecular weight is 245 g/mol. The lowest BCUT2D eigenvalue weighted by atomic mass is 10.2. The molecule has 1 aromatic heterocycles. The smallest absolute Gasteiger partial charge is 0.149 e. The van der Waals surface area contributed by atoms with E-state index in [0.717, 1.165) is 12.2 Å². The molecule has 18 heavy (non-hydrogen) atoms. The summed E-state index contributed by atoms with van der Waals surface area (Å²) in [6, 6.07) is 10.6. The van der Waals surface area contributed by atoms with Crippen molar-refractivity contribution in [3.8, 4) is 5.75 Å². The summed E-state index contributed by atoms with van der Waals surface area (Å²) >= 11 is 0. The molecule has 0 radical (unpaired) electrons. The maximum absolute atomic E-state index is 10.5. The van der Waals surface area contributed by atoms with Crippen LogP contribution in [0, 0.1) is 0 Å². The Labute approximate surface area is 105 Å². The molecule has 1 aromatic carbocycles. The van der Waals surface area contributed by atoms with E-state index in [1.165, 1.54) is 11.6 Å². The van der Waals surface area contributed by atoms with Gasteiger partial charge in [-0.25, -0.2) is 0 Å². The van der Waals surface area contributed by atoms with Crippen LogP contribution in [0.1, 0.15) is 28.8 Å². The van der Waals surface area contributed by atoms with Gasteiger partial charge in [-0.1, -0.05) is 19.1 Å². The maximum Gasteiger partial charge on any atom is 0.149 e. The van der Waals surface area contributed by atoms with E-state index in [1.807, 2.05) is 24.3 Å². The predicted molar refractivity (Wildman–Crippen MR) is 63.2 cm³/mol. The van der Waals surface area contributed by atoms with E-state index in [1.54, 1.807) is 6.07 Å². The molecule has 0 fully saturated rings. The Morgan fingerprint density at radius 1 is 1.22 bits per heavy atom. The average Bonchev–Trinajstić information content (AvgIpc) is 2.86. The molecule has 0 aliphatic carbocycles. The summed E-state index contributed by atoms with van der Waals surface area (Å²) in [6.07, 6.45) is 0.980. The molecule has 2 rings (SSSR count). The first kappa shape index (κ1) is 12.2. The molecule has 0 saturated heterocycles. The minimum Gasteiger partial charge on any atom is -0.542 e. The normalized spacial score (nSPS) is 10.3. The van der Waals surface area contributed by atoms with Crippen molar-refractivity contribution in [2.45, 2.75) is 20.0 Å². The first-order chi connectivity index (χ1) is 8.69. The fourth-order valence-corrected chi connectivity index (χ4v) is 1.54. The minimum absolute atomic E-state index is 0.185. The molecule has 94 valence electrons. The summed E-state index contributed by atoms with van der Waals surface area (Å²) in [4.78, 5) is 10.5. The standard InChI is InChI=1S/C14H14O4/c1-2-10-3-5-11(6-4-10)17-9-12-7-8-13(18-12)14(15)16/h3-8H,2,9H2,1H3,(H,15,16)/p-1. The summed E-state index contributed by atoms with van der Waals surface area (Å²) < 4.78 is 10.5. The van der Waals surface area contributed by atoms with E-state index in [9.17, 15) is 9.90 Å². The molecule has 0 unspecified atom stereocenters. The van der Waals surface area contributed by atoms with Crippen LogP contribution in [0.25, 0.3) is 0 Å². The lowest BCUT2D eigenvalue weighted by molar-refractivity contribution is -0.257. The lowest BCUT2D eigenvalue weighted by Gasteiger charge is -2.05. The summed E-state index contributed by atoms with van der Waals surface area (Å²) in [6.45, 7) is 2.28. The second-order valence-electron chi connectivity index (χ2n) is 3.84. The Hall–Kier alpha value is -2.23. The zero-order chi connectivity index (χ0) is 13.0. The Morgan fingerprint density at radius 3 is 2.50 bits per heavy atom. The van der Waals surface area contributed by atoms with Gasteiger partial charge in [0.05, 0.1) is 0 Å². The van der Waals surface area contributed by atoms with Crippen molar-refractivity contribution in [1.82, 2.24) is 0 Å². The van der Waals surface area contributed by atoms with E-state index in [4.69, 9.17) is 9.15 Å². The van der Waals surface area contributed by atoms with Crippen LogP contribution < -0.4 is 9.84 Å². The van der Waals surface area contributed by atoms with Crippen LogP contribution in [0.5, 0.6) is 5.75 Å². The van der Waals surface area contributed by atoms with Crippen molar-refractivity contribution < 1.29 is 19.1 Å². The van der Waals surface area contributed by atoms with Crippen LogP contribution in [0.4, 0.5) is 0 Å². The number of carbonyl (C=O) groups excluding carboxylic acids is 1. The summed E-state index contributed by atoms with van der Waals surface area (Å²) in [7, 11) is 0. The number of carbonyl (C=O) groups is 1. The summed E-state index contributed by atoms with van der Waals surface area (Å²) in [5.74, 6) is -0.337. The first-order valence-electron chi connectivity index (χ1n) is 5.71. The molecular formula is C14H13O4-. The largest absolute Gasteiger partial charge is 0.542 e. The Kier molecular flexibility index (Phi) is 3.67. The minimum atomic E-state index is -1.33. The number of aryl methyl sites for hydroxylation is 1. The topological polar surface area (TPSA) is 62.5 Å². The van der Waals surface area contributed by atoms with E-state index in [0.29, 0.717) is 5.76 Å². The molecule has 0 saturated carbocycles. The summed E-state index contributed by atoms with van der Waals surface area (Å²) in [5, 5.41) is 10.5. The number of carboxylic acids is 1. The molecular weight excluding hydrogens is 232 g/mol. The van der Waals surface area contributed by atoms with Crippen molar-refractivity contribution >= 4 is 5.97 Å². The lowest BCUT2D eigenvalue weighted by Crippen LogP contribution is -2.21. The third-order valence-corrected chi connectivity index (χ3v) is 2.58. The van der Waals surface area contributed by atoms with E-state index < -0.39 is 5.97 Å². The molecule has 0 spiro atoms. The van der Waals surface area contributed by atoms with Crippen LogP contribution in [0.3, 0.4) is 0 Å². The highest BCUT2D eigenvalue weighted by Crippen LogP contribution is 2.15. The van der Waals surface area contributed by atoms with E-state index >= 15 is 0 Å². The van der Waals surface area contributed by atoms with Crippen LogP contribution >= 0.6 is 0 Å². The van der Waals surface area contributed by atoms with Gasteiger partial charge in [-0.3, -0.25) is 0 Å². The molecule has 0 aliphatic heterocycles. The molecule has 0 amide bonds. The highest BCUT2D eigenvalue weighted by molar-refractivity contribution is 5.82. The van der Waals surface area contributed by atoms with Gasteiger partial charge < -0.3 is 19.1 Å². The second-order valence-corrected chi connectivity index (χ2v) is 3.84. The number of carboxylic acid groups (broad SMARTS) is 1. The number of aromatic carboxylic acids is 1. The fraction of sp³-hybridized carbons (Fsp3) is 0.214. The molecule has 0 aliphatic rings. The van der Waals surface area contributed by atoms with Gasteiger partial charge in [0, 0.05) is 0 Å². The quantitative estimate of drug-likeness (QED) is 0.805. The van der Waals surface area contributed by atoms with Gasteiger partial charge in [0.2, 0.25) is 0 Å². The number of hydrogen-bond acceptors (Lipinski definition) is 4. The van der Waals surface area contributed by atoms with Gasteiger partial charge in [-0.05, 0) is 36.2 Å². The molecule has 2 aromatic rings. The predicted octanol–water partition coefficient (Wildman–Crippen LogP) is 1.78. The molecule has 0 N–H and O–H groups in total. The van der Waals surface area contributed by atoms with Crippen molar-refractivity contribution in [1.29, 1.82) is 0 Å². The van der Waals surface area contributed by atoms with Crippen molar-refractivity contribution in [3.63, 3.8) is 0 Å². The molecule has 0 bridgehead atoms. The molecule has 4 nitrogen and oxygen atoms in total. The van der Waals surface area contributed by atoms with Gasteiger partial charge in [-0.2, -0.15) is 0 Å². The maximum atomic E-state index is 10.5. The Balaban J connectivity index is 1.95. The third kappa shape index (κ3) is 2.91. The monoisotopic (exact) mass is 245 g/mol. The zero-order valence-corrected chi connectivity index (χ0v) is 10.0. The SMILES string of the molecule is CCc1ccc(OCc2ccc(C(=O)[O-])o2)cc1. The van der Waals surface area contributed by atoms with Crippen LogP contribution in [-0.2, 0) is 13.0 Å². The molecule has 0 atom stereocenters. The van der Waals surface area contributed by atoms with Gasteiger partial charge in [0.15, 0.2) is 0 Å². The van der Waals surface area contributed by atoms with Gasteiger partial charge >= 0.3 is 0 Å². The number of ether oxygens (including phenoxy) is 1. The Bertz CT molecular complexity index is 525. The van der Waals surface area contributed by atoms with E-state index in [-0.39, 0.29) is 12.4 Å². The first-order valence-corrected chi connectivity index (χ1v) is 5.71. The van der Waals surface area contributed by atoms with Crippen LogP contribution in [0.2, 0.25) is 0 Å². The van der Waals surface area contributed by atoms with Crippen LogP contribution in [-0.4, -0.2) is 5.97 Å². The Morgan fingerprint density at radius 2 is 1.94 bits per heavy atom. The molecule has 1 heterocycles. The number of hydrogen-bond donors (Lipinski definition) is 0. The van der Waals surface area contributed by atoms with Crippen molar-refractivity contribution in [2.24, 2.45) is 0 Å². The van der Waals surface area contributed by atoms with E-state index in [2.05, 4.69) is 6.92 Å². The number of furan rings is 1. The van der Waals surface area contributed by atoms with Crippen molar-refractivity contribution in [2.75, 3.05) is 0 Å². The van der Waals surface area contributed by atoms with Crippen LogP contribution in [0.15, 0.2) is 40.8 Å². The number of benzene rings is 1. The fourth-order valence-electron chi connectivity index (χ4n) is 1.54. The summed E-state index contributed by atoms with van der Waals surface area (Å²) in [5.41, 5.74) is 1.24.